The second-order valence-corrected chi connectivity index (χ2v) is 3.24. The lowest BCUT2D eigenvalue weighted by atomic mass is 9.96. The van der Waals surface area contributed by atoms with Gasteiger partial charge in [-0.05, 0) is 12.3 Å². The molecule has 0 aromatic carbocycles. The Morgan fingerprint density at radius 3 is 2.92 bits per heavy atom. The lowest BCUT2D eigenvalue weighted by molar-refractivity contribution is -0.137. The van der Waals surface area contributed by atoms with E-state index in [9.17, 15) is 4.79 Å². The van der Waals surface area contributed by atoms with Gasteiger partial charge in [0.05, 0.1) is 6.42 Å². The molecule has 0 aromatic heterocycles. The van der Waals surface area contributed by atoms with Gasteiger partial charge >= 0.3 is 5.97 Å². The van der Waals surface area contributed by atoms with E-state index in [1.54, 1.807) is 0 Å². The molecule has 72 valence electrons. The lowest BCUT2D eigenvalue weighted by Crippen LogP contribution is -2.25. The molecule has 0 saturated carbocycles. The average molecular weight is 176 g/mol. The first-order chi connectivity index (χ1) is 6.70. The summed E-state index contributed by atoms with van der Waals surface area (Å²) in [7, 11) is 0. The van der Waals surface area contributed by atoms with Crippen molar-refractivity contribution in [1.29, 1.82) is 0 Å². The van der Waals surface area contributed by atoms with Crippen molar-refractivity contribution in [1.82, 2.24) is 0 Å². The van der Waals surface area contributed by atoms with Crippen molar-refractivity contribution in [2.24, 2.45) is 11.7 Å². The molecule has 3 heteroatoms. The highest BCUT2D eigenvalue weighted by Gasteiger charge is 2.11. The molecule has 0 unspecified atom stereocenters. The van der Waals surface area contributed by atoms with Crippen LogP contribution in [0.4, 0.5) is 0 Å². The van der Waals surface area contributed by atoms with Crippen LogP contribution >= 0.6 is 0 Å². The smallest absolute Gasteiger partial charge is 0.304 e. The lowest BCUT2D eigenvalue weighted by Gasteiger charge is -2.14. The van der Waals surface area contributed by atoms with Crippen molar-refractivity contribution in [2.45, 2.75) is 45.5 Å². The van der Waals surface area contributed by atoms with Gasteiger partial charge in [-0.25, -0.2) is 0 Å². The number of aliphatic carboxylic acids is 1. The first kappa shape index (κ1) is 6.89. The molecule has 0 aliphatic carbocycles. The molecule has 0 saturated heterocycles. The number of rotatable bonds is 6. The number of hydrogen-bond donors (Lipinski definition) is 2. The molecule has 0 radical (unpaired) electrons. The third-order valence-electron chi connectivity index (χ3n) is 1.78. The Bertz CT molecular complexity index is 206. The topological polar surface area (TPSA) is 63.3 Å². The number of carbonyl (C=O) groups is 1. The van der Waals surface area contributed by atoms with Crippen LogP contribution in [0.25, 0.3) is 0 Å². The molecule has 0 rings (SSSR count). The Balaban J connectivity index is 3.73. The fourth-order valence-electron chi connectivity index (χ4n) is 1.19. The van der Waals surface area contributed by atoms with Gasteiger partial charge < -0.3 is 10.8 Å². The van der Waals surface area contributed by atoms with Crippen molar-refractivity contribution >= 4 is 5.97 Å². The molecule has 3 N–H and O–H groups in total. The van der Waals surface area contributed by atoms with Crippen LogP contribution in [0.3, 0.4) is 0 Å². The molecule has 0 amide bonds. The van der Waals surface area contributed by atoms with E-state index in [1.165, 1.54) is 0 Å². The molecule has 0 heterocycles. The molecule has 0 aliphatic rings. The largest absolute Gasteiger partial charge is 0.481 e. The van der Waals surface area contributed by atoms with E-state index in [4.69, 9.17) is 15.0 Å². The number of carboxylic acid groups (broad SMARTS) is 1. The van der Waals surface area contributed by atoms with E-state index in [0.717, 1.165) is 0 Å². The van der Waals surface area contributed by atoms with Crippen molar-refractivity contribution in [3.63, 3.8) is 0 Å². The maximum Gasteiger partial charge on any atom is 0.304 e. The normalized spacial score (nSPS) is 20.3. The molecular formula is C9H19NO2. The zero-order valence-electron chi connectivity index (χ0n) is 10.4. The minimum atomic E-state index is -1.90. The maximum atomic E-state index is 10.3. The van der Waals surface area contributed by atoms with Crippen molar-refractivity contribution in [3.8, 4) is 0 Å². The predicted octanol–water partition coefficient (Wildman–Crippen LogP) is 1.61. The summed E-state index contributed by atoms with van der Waals surface area (Å²) in [5, 5.41) is 8.49. The Morgan fingerprint density at radius 2 is 2.42 bits per heavy atom. The second kappa shape index (κ2) is 6.00. The van der Waals surface area contributed by atoms with Gasteiger partial charge in [-0.2, -0.15) is 0 Å². The highest BCUT2D eigenvalue weighted by molar-refractivity contribution is 5.67. The molecule has 0 aliphatic heterocycles. The van der Waals surface area contributed by atoms with Gasteiger partial charge in [0.25, 0.3) is 0 Å². The van der Waals surface area contributed by atoms with Gasteiger partial charge in [0.2, 0.25) is 0 Å². The number of hydrogen-bond acceptors (Lipinski definition) is 2. The van der Waals surface area contributed by atoms with E-state index in [1.807, 2.05) is 6.92 Å². The zero-order chi connectivity index (χ0) is 12.1. The van der Waals surface area contributed by atoms with E-state index < -0.39 is 12.8 Å². The van der Waals surface area contributed by atoms with Crippen LogP contribution in [0.15, 0.2) is 0 Å². The summed E-state index contributed by atoms with van der Waals surface area (Å²) in [4.78, 5) is 10.3. The molecule has 0 spiro atoms. The molecular weight excluding hydrogens is 154 g/mol. The summed E-state index contributed by atoms with van der Waals surface area (Å²) in [6, 6.07) is -0.380. The van der Waals surface area contributed by atoms with Gasteiger partial charge in [0, 0.05) is 10.2 Å². The van der Waals surface area contributed by atoms with E-state index >= 15 is 0 Å². The summed E-state index contributed by atoms with van der Waals surface area (Å²) in [6.07, 6.45) is 1.22. The Labute approximate surface area is 78.2 Å². The zero-order valence-corrected chi connectivity index (χ0v) is 7.42. The SMILES string of the molecule is [2H]C([2H])([2H])CC[C@@H](C)C[C@H](N)CC(=O)O. The third kappa shape index (κ3) is 6.16. The Hall–Kier alpha value is -0.570. The van der Waals surface area contributed by atoms with Gasteiger partial charge in [-0.3, -0.25) is 4.79 Å². The number of nitrogens with two attached hydrogens (primary N) is 1. The monoisotopic (exact) mass is 176 g/mol. The van der Waals surface area contributed by atoms with Crippen LogP contribution in [0.5, 0.6) is 0 Å². The van der Waals surface area contributed by atoms with Crippen LogP contribution < -0.4 is 5.73 Å². The molecule has 0 fully saturated rings. The molecule has 12 heavy (non-hydrogen) atoms. The first-order valence-corrected chi connectivity index (χ1v) is 4.18. The van der Waals surface area contributed by atoms with Gasteiger partial charge in [0.1, 0.15) is 0 Å². The van der Waals surface area contributed by atoms with Crippen molar-refractivity contribution in [2.75, 3.05) is 0 Å². The van der Waals surface area contributed by atoms with Gasteiger partial charge in [-0.1, -0.05) is 26.6 Å². The highest BCUT2D eigenvalue weighted by Crippen LogP contribution is 2.12. The molecule has 0 aromatic rings. The van der Waals surface area contributed by atoms with Crippen LogP contribution in [0, 0.1) is 5.92 Å². The summed E-state index contributed by atoms with van der Waals surface area (Å²) in [5.41, 5.74) is 5.59. The number of carboxylic acids is 1. The third-order valence-corrected chi connectivity index (χ3v) is 1.78. The maximum absolute atomic E-state index is 10.3. The molecule has 3 nitrogen and oxygen atoms in total. The Kier molecular flexibility index (Phi) is 3.45. The molecule has 0 bridgehead atoms. The van der Waals surface area contributed by atoms with Crippen LogP contribution in [0.1, 0.15) is 43.6 Å². The van der Waals surface area contributed by atoms with E-state index in [-0.39, 0.29) is 24.8 Å². The fourth-order valence-corrected chi connectivity index (χ4v) is 1.19. The van der Waals surface area contributed by atoms with Crippen LogP contribution in [0.2, 0.25) is 0 Å². The van der Waals surface area contributed by atoms with E-state index in [0.29, 0.717) is 12.8 Å². The molecule has 2 atom stereocenters. The second-order valence-electron chi connectivity index (χ2n) is 3.24. The Morgan fingerprint density at radius 1 is 1.75 bits per heavy atom. The fraction of sp³-hybridized carbons (Fsp3) is 0.889. The summed E-state index contributed by atoms with van der Waals surface area (Å²) >= 11 is 0. The van der Waals surface area contributed by atoms with E-state index in [2.05, 4.69) is 0 Å². The summed E-state index contributed by atoms with van der Waals surface area (Å²) < 4.78 is 21.1. The van der Waals surface area contributed by atoms with Crippen molar-refractivity contribution < 1.29 is 14.0 Å². The quantitative estimate of drug-likeness (QED) is 0.646. The van der Waals surface area contributed by atoms with Gasteiger partial charge in [0.15, 0.2) is 0 Å². The minimum Gasteiger partial charge on any atom is -0.481 e. The van der Waals surface area contributed by atoms with Crippen LogP contribution in [-0.4, -0.2) is 17.1 Å². The standard InChI is InChI=1S/C9H19NO2/c1-3-4-7(2)5-8(10)6-9(11)12/h7-8H,3-6,10H2,1-2H3,(H,11,12)/t7-,8+/m1/s1/i1D3. The minimum absolute atomic E-state index is 0.0574. The first-order valence-electron chi connectivity index (χ1n) is 5.68. The predicted molar refractivity (Wildman–Crippen MR) is 48.9 cm³/mol. The summed E-state index contributed by atoms with van der Waals surface area (Å²) in [5.74, 6) is -0.759. The van der Waals surface area contributed by atoms with Gasteiger partial charge in [-0.15, -0.1) is 0 Å². The summed E-state index contributed by atoms with van der Waals surface area (Å²) in [6.45, 7) is -0.00139. The highest BCUT2D eigenvalue weighted by atomic mass is 16.4. The average Bonchev–Trinajstić information content (AvgIpc) is 1.97. The van der Waals surface area contributed by atoms with Crippen molar-refractivity contribution in [3.05, 3.63) is 0 Å². The van der Waals surface area contributed by atoms with Crippen LogP contribution in [-0.2, 0) is 4.79 Å².